The van der Waals surface area contributed by atoms with E-state index in [0.29, 0.717) is 0 Å². The third-order valence-electron chi connectivity index (χ3n) is 1.40. The van der Waals surface area contributed by atoms with E-state index in [1.54, 1.807) is 0 Å². The van der Waals surface area contributed by atoms with Crippen molar-refractivity contribution in [3.05, 3.63) is 0 Å². The standard InChI is InChI=1S/2C4H6O4.Pb/c2*5-3(6)1-2-4(7)8;/h2*1-2H2,(H,5,6)(H,7,8);/q;;+2/p-2. The molecule has 0 heterocycles. The van der Waals surface area contributed by atoms with Gasteiger partial charge in [0.25, 0.3) is 0 Å². The quantitative estimate of drug-likeness (QED) is 0.475. The van der Waals surface area contributed by atoms with E-state index in [4.69, 9.17) is 10.2 Å². The fraction of sp³-hybridized carbons (Fsp3) is 0.500. The topological polar surface area (TPSA) is 127 Å². The van der Waals surface area contributed by atoms with E-state index in [1.807, 2.05) is 0 Å². The summed E-state index contributed by atoms with van der Waals surface area (Å²) >= 11 is -2.34. The van der Waals surface area contributed by atoms with E-state index >= 15 is 0 Å². The molecule has 0 aromatic rings. The zero-order valence-electron chi connectivity index (χ0n) is 8.67. The molecule has 0 amide bonds. The molecule has 9 heteroatoms. The molecule has 0 bridgehead atoms. The maximum absolute atomic E-state index is 10.9. The monoisotopic (exact) mass is 442 g/mol. The summed E-state index contributed by atoms with van der Waals surface area (Å²) in [6.45, 7) is 0. The van der Waals surface area contributed by atoms with Crippen molar-refractivity contribution in [2.75, 3.05) is 0 Å². The Labute approximate surface area is 109 Å². The summed E-state index contributed by atoms with van der Waals surface area (Å²) in [6.07, 6.45) is -1.21. The van der Waals surface area contributed by atoms with Gasteiger partial charge in [-0.3, -0.25) is 0 Å². The summed E-state index contributed by atoms with van der Waals surface area (Å²) in [5.74, 6) is -3.67. The van der Waals surface area contributed by atoms with Gasteiger partial charge in [0.1, 0.15) is 0 Å². The van der Waals surface area contributed by atoms with Crippen LogP contribution in [0.15, 0.2) is 0 Å². The van der Waals surface area contributed by atoms with Crippen molar-refractivity contribution < 1.29 is 34.8 Å². The molecule has 0 saturated carbocycles. The molecule has 2 radical (unpaired) electrons. The normalized spacial score (nSPS) is 9.41. The van der Waals surface area contributed by atoms with Gasteiger partial charge in [-0.05, 0) is 0 Å². The third-order valence-corrected chi connectivity index (χ3v) is 3.82. The molecular formula is C8H10O8Pb. The van der Waals surface area contributed by atoms with Gasteiger partial charge in [-0.2, -0.15) is 0 Å². The second-order valence-corrected chi connectivity index (χ2v) is 5.05. The summed E-state index contributed by atoms with van der Waals surface area (Å²) in [5.41, 5.74) is 0. The SMILES string of the molecule is O=C(O)CCC(=O)[O][Pb][O]C(=O)CCC(=O)O. The minimum atomic E-state index is -2.34. The van der Waals surface area contributed by atoms with E-state index in [-0.39, 0.29) is 25.7 Å². The number of carboxylic acid groups (broad SMARTS) is 2. The van der Waals surface area contributed by atoms with Crippen LogP contribution in [0, 0.1) is 0 Å². The van der Waals surface area contributed by atoms with Crippen molar-refractivity contribution in [2.24, 2.45) is 0 Å². The number of hydrogen-bond donors (Lipinski definition) is 2. The van der Waals surface area contributed by atoms with Crippen LogP contribution >= 0.6 is 0 Å². The van der Waals surface area contributed by atoms with Crippen LogP contribution in [0.1, 0.15) is 25.7 Å². The van der Waals surface area contributed by atoms with Crippen molar-refractivity contribution in [1.82, 2.24) is 0 Å². The van der Waals surface area contributed by atoms with Gasteiger partial charge in [0.2, 0.25) is 0 Å². The van der Waals surface area contributed by atoms with Gasteiger partial charge in [0, 0.05) is 0 Å². The number of rotatable bonds is 8. The Balaban J connectivity index is 3.55. The predicted molar refractivity (Wildman–Crippen MR) is 51.7 cm³/mol. The Kier molecular flexibility index (Phi) is 8.27. The van der Waals surface area contributed by atoms with E-state index in [1.165, 1.54) is 0 Å². The average Bonchev–Trinajstić information content (AvgIpc) is 2.23. The summed E-state index contributed by atoms with van der Waals surface area (Å²) in [4.78, 5) is 41.9. The van der Waals surface area contributed by atoms with Crippen LogP contribution in [0.2, 0.25) is 0 Å². The zero-order chi connectivity index (χ0) is 13.3. The molecule has 0 atom stereocenters. The number of aliphatic carboxylic acids is 2. The molecule has 0 aliphatic rings. The fourth-order valence-corrected chi connectivity index (χ4v) is 2.31. The first-order valence-electron chi connectivity index (χ1n) is 4.49. The molecule has 8 nitrogen and oxygen atoms in total. The molecule has 0 fully saturated rings. The number of hydrogen-bond acceptors (Lipinski definition) is 6. The molecule has 0 aromatic heterocycles. The molecule has 0 aliphatic carbocycles. The average molecular weight is 441 g/mol. The first-order chi connectivity index (χ1) is 7.91. The van der Waals surface area contributed by atoms with E-state index < -0.39 is 49.0 Å². The van der Waals surface area contributed by atoms with Crippen LogP contribution < -0.4 is 0 Å². The second kappa shape index (κ2) is 8.90. The van der Waals surface area contributed by atoms with Crippen molar-refractivity contribution in [3.8, 4) is 0 Å². The summed E-state index contributed by atoms with van der Waals surface area (Å²) in [6, 6.07) is 0. The third kappa shape index (κ3) is 11.1. The molecule has 2 N–H and O–H groups in total. The van der Waals surface area contributed by atoms with Crippen LogP contribution in [0.5, 0.6) is 0 Å². The molecule has 0 spiro atoms. The Bertz CT molecular complexity index is 283. The van der Waals surface area contributed by atoms with Crippen molar-refractivity contribution in [2.45, 2.75) is 25.7 Å². The molecular weight excluding hydrogens is 431 g/mol. The Morgan fingerprint density at radius 2 is 1.12 bits per heavy atom. The molecule has 0 aliphatic heterocycles. The Morgan fingerprint density at radius 3 is 1.41 bits per heavy atom. The summed E-state index contributed by atoms with van der Waals surface area (Å²) < 4.78 is 9.14. The fourth-order valence-electron chi connectivity index (χ4n) is 0.634. The van der Waals surface area contributed by atoms with Crippen molar-refractivity contribution >= 4 is 49.0 Å². The van der Waals surface area contributed by atoms with Gasteiger partial charge >= 0.3 is 109 Å². The van der Waals surface area contributed by atoms with Gasteiger partial charge in [-0.1, -0.05) is 0 Å². The van der Waals surface area contributed by atoms with E-state index in [2.05, 4.69) is 5.37 Å². The number of carbonyl (C=O) groups is 4. The van der Waals surface area contributed by atoms with Crippen molar-refractivity contribution in [1.29, 1.82) is 0 Å². The van der Waals surface area contributed by atoms with Crippen LogP contribution in [-0.2, 0) is 24.6 Å². The van der Waals surface area contributed by atoms with Crippen LogP contribution in [0.3, 0.4) is 0 Å². The van der Waals surface area contributed by atoms with Gasteiger partial charge in [-0.25, -0.2) is 0 Å². The van der Waals surface area contributed by atoms with Crippen LogP contribution in [0.25, 0.3) is 0 Å². The first kappa shape index (κ1) is 15.8. The number of carboxylic acids is 2. The first-order valence-corrected chi connectivity index (χ1v) is 7.67. The molecule has 0 saturated heterocycles. The maximum atomic E-state index is 10.9. The second-order valence-electron chi connectivity index (χ2n) is 2.82. The summed E-state index contributed by atoms with van der Waals surface area (Å²) in [7, 11) is 0. The minimum absolute atomic E-state index is 0.269. The van der Waals surface area contributed by atoms with Crippen LogP contribution in [0.4, 0.5) is 0 Å². The molecule has 17 heavy (non-hydrogen) atoms. The van der Waals surface area contributed by atoms with Gasteiger partial charge in [0.15, 0.2) is 0 Å². The van der Waals surface area contributed by atoms with E-state index in [9.17, 15) is 19.2 Å². The Morgan fingerprint density at radius 1 is 0.765 bits per heavy atom. The van der Waals surface area contributed by atoms with Gasteiger partial charge in [-0.15, -0.1) is 0 Å². The Hall–Kier alpha value is -1.20. The zero-order valence-corrected chi connectivity index (χ0v) is 12.6. The number of carbonyl (C=O) groups excluding carboxylic acids is 2. The van der Waals surface area contributed by atoms with Crippen LogP contribution in [-0.4, -0.2) is 59.2 Å². The molecule has 94 valence electrons. The molecule has 0 rings (SSSR count). The molecule has 0 aromatic carbocycles. The van der Waals surface area contributed by atoms with Gasteiger partial charge in [0.05, 0.1) is 0 Å². The van der Waals surface area contributed by atoms with E-state index in [0.717, 1.165) is 0 Å². The predicted octanol–water partition coefficient (Wildman–Crippen LogP) is -0.663. The van der Waals surface area contributed by atoms with Gasteiger partial charge < -0.3 is 0 Å². The van der Waals surface area contributed by atoms with Crippen molar-refractivity contribution in [3.63, 3.8) is 0 Å². The summed E-state index contributed by atoms with van der Waals surface area (Å²) in [5, 5.41) is 16.5. The molecule has 0 unspecified atom stereocenters.